The number of amides is 2. The highest BCUT2D eigenvalue weighted by molar-refractivity contribution is 7.89. The summed E-state index contributed by atoms with van der Waals surface area (Å²) in [5, 5.41) is 2.51. The highest BCUT2D eigenvalue weighted by atomic mass is 32.2. The second-order valence-electron chi connectivity index (χ2n) is 5.00. The highest BCUT2D eigenvalue weighted by Crippen LogP contribution is 2.17. The quantitative estimate of drug-likeness (QED) is 0.642. The molecule has 2 amide bonds. The molecule has 0 aliphatic carbocycles. The Labute approximate surface area is 139 Å². The summed E-state index contributed by atoms with van der Waals surface area (Å²) in [6.07, 6.45) is -1.15. The van der Waals surface area contributed by atoms with Crippen LogP contribution in [0.3, 0.4) is 0 Å². The Morgan fingerprint density at radius 1 is 1.25 bits per heavy atom. The van der Waals surface area contributed by atoms with Gasteiger partial charge in [0.05, 0.1) is 4.90 Å². The number of ether oxygens (including phenoxy) is 1. The van der Waals surface area contributed by atoms with Crippen molar-refractivity contribution in [3.63, 3.8) is 0 Å². The van der Waals surface area contributed by atoms with Crippen LogP contribution in [0, 0.1) is 0 Å². The summed E-state index contributed by atoms with van der Waals surface area (Å²) < 4.78 is 30.2. The van der Waals surface area contributed by atoms with Crippen molar-refractivity contribution in [3.8, 4) is 0 Å². The van der Waals surface area contributed by atoms with E-state index in [2.05, 4.69) is 5.32 Å². The number of anilines is 1. The van der Waals surface area contributed by atoms with Crippen LogP contribution in [0.1, 0.15) is 13.8 Å². The molecule has 1 rings (SSSR count). The van der Waals surface area contributed by atoms with Crippen molar-refractivity contribution in [2.45, 2.75) is 24.8 Å². The molecule has 0 fully saturated rings. The van der Waals surface area contributed by atoms with Crippen molar-refractivity contribution in [2.75, 3.05) is 18.9 Å². The molecule has 0 saturated heterocycles. The van der Waals surface area contributed by atoms with Crippen molar-refractivity contribution >= 4 is 33.5 Å². The normalized spacial score (nSPS) is 12.5. The van der Waals surface area contributed by atoms with Gasteiger partial charge in [0.25, 0.3) is 5.91 Å². The molecule has 9 nitrogen and oxygen atoms in total. The second kappa shape index (κ2) is 7.88. The van der Waals surface area contributed by atoms with Crippen LogP contribution >= 0.6 is 0 Å². The number of primary amides is 1. The summed E-state index contributed by atoms with van der Waals surface area (Å²) in [5.74, 6) is -2.02. The van der Waals surface area contributed by atoms with Crippen LogP contribution in [0.4, 0.5) is 5.69 Å². The molecule has 10 heteroatoms. The Morgan fingerprint density at radius 3 is 2.25 bits per heavy atom. The molecule has 1 atom stereocenters. The van der Waals surface area contributed by atoms with E-state index in [1.807, 2.05) is 0 Å². The van der Waals surface area contributed by atoms with E-state index in [4.69, 9.17) is 10.5 Å². The molecule has 0 saturated carbocycles. The number of nitrogens with two attached hydrogens (primary N) is 1. The number of sulfonamides is 1. The number of hydrogen-bond acceptors (Lipinski definition) is 6. The van der Waals surface area contributed by atoms with Gasteiger partial charge in [-0.1, -0.05) is 0 Å². The lowest BCUT2D eigenvalue weighted by molar-refractivity contribution is -0.153. The molecule has 1 aromatic carbocycles. The SMILES string of the molecule is CC(=O)Nc1ccc(S(=O)(=O)N(C)CC(=O)O[C@@H](C)C(N)=O)cc1. The zero-order valence-corrected chi connectivity index (χ0v) is 14.3. The molecule has 0 heterocycles. The van der Waals surface area contributed by atoms with Crippen LogP contribution in [0.15, 0.2) is 29.2 Å². The van der Waals surface area contributed by atoms with Crippen LogP contribution in [-0.2, 0) is 29.1 Å². The smallest absolute Gasteiger partial charge is 0.322 e. The third-order valence-corrected chi connectivity index (χ3v) is 4.76. The number of carbonyl (C=O) groups excluding carboxylic acids is 3. The average molecular weight is 357 g/mol. The molecule has 0 bridgehead atoms. The third kappa shape index (κ3) is 5.32. The Kier molecular flexibility index (Phi) is 6.43. The van der Waals surface area contributed by atoms with Gasteiger partial charge in [-0.15, -0.1) is 0 Å². The van der Waals surface area contributed by atoms with Crippen LogP contribution in [0.5, 0.6) is 0 Å². The van der Waals surface area contributed by atoms with Crippen molar-refractivity contribution in [2.24, 2.45) is 5.73 Å². The van der Waals surface area contributed by atoms with E-state index in [1.165, 1.54) is 45.2 Å². The fourth-order valence-corrected chi connectivity index (χ4v) is 2.77. The molecule has 0 aromatic heterocycles. The predicted octanol–water partition coefficient (Wildman–Crippen LogP) is -0.317. The Hall–Kier alpha value is -2.46. The van der Waals surface area contributed by atoms with Gasteiger partial charge in [0.15, 0.2) is 6.10 Å². The number of esters is 1. The first kappa shape index (κ1) is 19.6. The maximum Gasteiger partial charge on any atom is 0.322 e. The van der Waals surface area contributed by atoms with E-state index < -0.39 is 34.5 Å². The lowest BCUT2D eigenvalue weighted by Crippen LogP contribution is -2.37. The molecule has 0 aliphatic heterocycles. The summed E-state index contributed by atoms with van der Waals surface area (Å²) in [4.78, 5) is 33.3. The lowest BCUT2D eigenvalue weighted by atomic mass is 10.3. The summed E-state index contributed by atoms with van der Waals surface area (Å²) in [5.41, 5.74) is 5.41. The molecular weight excluding hydrogens is 338 g/mol. The molecule has 0 unspecified atom stereocenters. The molecule has 3 N–H and O–H groups in total. The number of nitrogens with one attached hydrogen (secondary N) is 1. The van der Waals surface area contributed by atoms with Gasteiger partial charge in [-0.25, -0.2) is 8.42 Å². The largest absolute Gasteiger partial charge is 0.452 e. The van der Waals surface area contributed by atoms with Crippen molar-refractivity contribution in [3.05, 3.63) is 24.3 Å². The van der Waals surface area contributed by atoms with E-state index >= 15 is 0 Å². The fourth-order valence-electron chi connectivity index (χ4n) is 1.65. The van der Waals surface area contributed by atoms with Crippen LogP contribution < -0.4 is 11.1 Å². The molecule has 24 heavy (non-hydrogen) atoms. The first-order chi connectivity index (χ1) is 11.0. The van der Waals surface area contributed by atoms with Gasteiger partial charge in [-0.3, -0.25) is 14.4 Å². The van der Waals surface area contributed by atoms with Gasteiger partial charge in [0.1, 0.15) is 6.54 Å². The number of carbonyl (C=O) groups is 3. The van der Waals surface area contributed by atoms with E-state index in [0.717, 1.165) is 4.31 Å². The zero-order chi connectivity index (χ0) is 18.5. The number of hydrogen-bond donors (Lipinski definition) is 2. The maximum absolute atomic E-state index is 12.4. The van der Waals surface area contributed by atoms with Gasteiger partial charge in [-0.2, -0.15) is 4.31 Å². The average Bonchev–Trinajstić information content (AvgIpc) is 2.46. The van der Waals surface area contributed by atoms with E-state index in [9.17, 15) is 22.8 Å². The van der Waals surface area contributed by atoms with Crippen LogP contribution in [0.2, 0.25) is 0 Å². The number of nitrogens with zero attached hydrogens (tertiary/aromatic N) is 1. The minimum atomic E-state index is -3.93. The minimum absolute atomic E-state index is 0.0603. The summed E-state index contributed by atoms with van der Waals surface area (Å²) in [6, 6.07) is 5.45. The van der Waals surface area contributed by atoms with Gasteiger partial charge >= 0.3 is 5.97 Å². The topological polar surface area (TPSA) is 136 Å². The van der Waals surface area contributed by atoms with Crippen molar-refractivity contribution in [1.82, 2.24) is 4.31 Å². The first-order valence-corrected chi connectivity index (χ1v) is 8.31. The molecule has 1 aromatic rings. The summed E-state index contributed by atoms with van der Waals surface area (Å²) in [6.45, 7) is 2.04. The third-order valence-electron chi connectivity index (χ3n) is 2.94. The Morgan fingerprint density at radius 2 is 1.79 bits per heavy atom. The van der Waals surface area contributed by atoms with E-state index in [0.29, 0.717) is 5.69 Å². The second-order valence-corrected chi connectivity index (χ2v) is 7.05. The monoisotopic (exact) mass is 357 g/mol. The lowest BCUT2D eigenvalue weighted by Gasteiger charge is -2.17. The van der Waals surface area contributed by atoms with Gasteiger partial charge in [0.2, 0.25) is 15.9 Å². The molecule has 132 valence electrons. The van der Waals surface area contributed by atoms with Gasteiger partial charge < -0.3 is 15.8 Å². The highest BCUT2D eigenvalue weighted by Gasteiger charge is 2.25. The van der Waals surface area contributed by atoms with Crippen molar-refractivity contribution < 1.29 is 27.5 Å². The molecule has 0 radical (unpaired) electrons. The van der Waals surface area contributed by atoms with Crippen LogP contribution in [0.25, 0.3) is 0 Å². The molecule has 0 aliphatic rings. The number of likely N-dealkylation sites (N-methyl/N-ethyl adjacent to an activating group) is 1. The van der Waals surface area contributed by atoms with Gasteiger partial charge in [-0.05, 0) is 31.2 Å². The summed E-state index contributed by atoms with van der Waals surface area (Å²) >= 11 is 0. The molecular formula is C14H19N3O6S. The van der Waals surface area contributed by atoms with Crippen LogP contribution in [-0.4, -0.2) is 50.2 Å². The Bertz CT molecular complexity index is 729. The Balaban J connectivity index is 2.81. The zero-order valence-electron chi connectivity index (χ0n) is 13.5. The standard InChI is InChI=1S/C14H19N3O6S/c1-9(14(15)20)23-13(19)8-17(3)24(21,22)12-6-4-11(5-7-12)16-10(2)18/h4-7,9H,8H2,1-3H3,(H2,15,20)(H,16,18)/t9-/m0/s1. The van der Waals surface area contributed by atoms with Gasteiger partial charge in [0, 0.05) is 19.7 Å². The first-order valence-electron chi connectivity index (χ1n) is 6.87. The number of rotatable bonds is 7. The maximum atomic E-state index is 12.4. The van der Waals surface area contributed by atoms with E-state index in [1.54, 1.807) is 0 Å². The van der Waals surface area contributed by atoms with E-state index in [-0.39, 0.29) is 10.8 Å². The number of benzene rings is 1. The predicted molar refractivity (Wildman–Crippen MR) is 85.3 cm³/mol. The fraction of sp³-hybridized carbons (Fsp3) is 0.357. The molecule has 0 spiro atoms. The minimum Gasteiger partial charge on any atom is -0.452 e. The van der Waals surface area contributed by atoms with Crippen molar-refractivity contribution in [1.29, 1.82) is 0 Å². The summed E-state index contributed by atoms with van der Waals surface area (Å²) in [7, 11) is -2.73.